The van der Waals surface area contributed by atoms with Gasteiger partial charge < -0.3 is 15.4 Å². The van der Waals surface area contributed by atoms with Crippen LogP contribution >= 0.6 is 0 Å². The van der Waals surface area contributed by atoms with Crippen molar-refractivity contribution < 1.29 is 5.11 Å². The van der Waals surface area contributed by atoms with Gasteiger partial charge in [-0.2, -0.15) is 0 Å². The highest BCUT2D eigenvalue weighted by atomic mass is 16.3. The van der Waals surface area contributed by atoms with E-state index < -0.39 is 5.60 Å². The number of likely N-dealkylation sites (N-methyl/N-ethyl adjacent to an activating group) is 1. The Morgan fingerprint density at radius 3 is 2.00 bits per heavy atom. The van der Waals surface area contributed by atoms with Crippen LogP contribution in [0, 0.1) is 13.8 Å². The lowest BCUT2D eigenvalue weighted by atomic mass is 9.75. The summed E-state index contributed by atoms with van der Waals surface area (Å²) in [6.07, 6.45) is 2.75. The molecule has 0 aliphatic carbocycles. The molecular weight excluding hydrogens is 356 g/mol. The first kappa shape index (κ1) is 19.4. The summed E-state index contributed by atoms with van der Waals surface area (Å²) in [7, 11) is 1.93. The molecule has 29 heavy (non-hydrogen) atoms. The van der Waals surface area contributed by atoms with E-state index in [0.717, 1.165) is 27.8 Å². The summed E-state index contributed by atoms with van der Waals surface area (Å²) in [5.74, 6) is 0. The number of H-pyrrole nitrogens is 1. The number of benzene rings is 3. The van der Waals surface area contributed by atoms with Crippen LogP contribution < -0.4 is 5.32 Å². The zero-order valence-electron chi connectivity index (χ0n) is 17.2. The lowest BCUT2D eigenvalue weighted by Crippen LogP contribution is -2.50. The van der Waals surface area contributed by atoms with Gasteiger partial charge >= 0.3 is 0 Å². The molecule has 3 nitrogen and oxygen atoms in total. The number of aliphatic hydroxyl groups is 1. The minimum atomic E-state index is -1.16. The highest BCUT2D eigenvalue weighted by Crippen LogP contribution is 2.38. The molecule has 0 bridgehead atoms. The number of fused-ring (bicyclic) bond motifs is 1. The summed E-state index contributed by atoms with van der Waals surface area (Å²) < 4.78 is 0. The lowest BCUT2D eigenvalue weighted by molar-refractivity contribution is 0.0388. The third-order valence-electron chi connectivity index (χ3n) is 6.06. The molecule has 3 heteroatoms. The maximum absolute atomic E-state index is 12.4. The Bertz CT molecular complexity index is 1080. The summed E-state index contributed by atoms with van der Waals surface area (Å²) in [6.45, 7) is 4.13. The summed E-state index contributed by atoms with van der Waals surface area (Å²) >= 11 is 0. The standard InChI is InChI=1S/C26H28N2O/c1-18-10-4-7-13-22(18)26(29,23-14-8-5-11-19(23)2)25(27-3)16-20-17-28-24-15-9-6-12-21(20)24/h4-15,17,25,27-29H,16H2,1-3H3. The van der Waals surface area contributed by atoms with Crippen molar-refractivity contribution in [1.82, 2.24) is 10.3 Å². The van der Waals surface area contributed by atoms with Crippen molar-refractivity contribution in [2.45, 2.75) is 31.9 Å². The monoisotopic (exact) mass is 384 g/mol. The van der Waals surface area contributed by atoms with E-state index in [1.807, 2.05) is 49.5 Å². The summed E-state index contributed by atoms with van der Waals surface area (Å²) in [4.78, 5) is 3.36. The average molecular weight is 385 g/mol. The average Bonchev–Trinajstić information content (AvgIpc) is 3.15. The Kier molecular flexibility index (Phi) is 5.27. The van der Waals surface area contributed by atoms with Crippen LogP contribution in [0.15, 0.2) is 79.0 Å². The van der Waals surface area contributed by atoms with E-state index in [9.17, 15) is 5.11 Å². The quantitative estimate of drug-likeness (QED) is 0.445. The number of aromatic amines is 1. The molecule has 0 aliphatic rings. The van der Waals surface area contributed by atoms with Gasteiger partial charge in [0.15, 0.2) is 0 Å². The van der Waals surface area contributed by atoms with Crippen LogP contribution in [-0.4, -0.2) is 23.2 Å². The van der Waals surface area contributed by atoms with Crippen molar-refractivity contribution in [2.75, 3.05) is 7.05 Å². The molecule has 1 aromatic heterocycles. The fourth-order valence-electron chi connectivity index (χ4n) is 4.50. The first-order valence-electron chi connectivity index (χ1n) is 10.1. The van der Waals surface area contributed by atoms with Crippen molar-refractivity contribution in [3.05, 3.63) is 107 Å². The topological polar surface area (TPSA) is 48.0 Å². The van der Waals surface area contributed by atoms with Gasteiger partial charge in [0.1, 0.15) is 5.60 Å². The van der Waals surface area contributed by atoms with E-state index >= 15 is 0 Å². The summed E-state index contributed by atoms with van der Waals surface area (Å²) in [5, 5.41) is 17.0. The molecule has 0 fully saturated rings. The van der Waals surface area contributed by atoms with Gasteiger partial charge in [0, 0.05) is 23.1 Å². The smallest absolute Gasteiger partial charge is 0.131 e. The maximum atomic E-state index is 12.4. The third-order valence-corrected chi connectivity index (χ3v) is 6.06. The highest BCUT2D eigenvalue weighted by molar-refractivity contribution is 5.83. The minimum Gasteiger partial charge on any atom is -0.379 e. The number of aryl methyl sites for hydroxylation is 2. The molecule has 1 heterocycles. The van der Waals surface area contributed by atoms with Gasteiger partial charge in [-0.3, -0.25) is 0 Å². The van der Waals surface area contributed by atoms with Crippen LogP contribution in [-0.2, 0) is 12.0 Å². The van der Waals surface area contributed by atoms with Crippen molar-refractivity contribution in [3.63, 3.8) is 0 Å². The molecule has 3 N–H and O–H groups in total. The number of hydrogen-bond acceptors (Lipinski definition) is 2. The van der Waals surface area contributed by atoms with Gasteiger partial charge in [-0.25, -0.2) is 0 Å². The largest absolute Gasteiger partial charge is 0.379 e. The Morgan fingerprint density at radius 2 is 1.41 bits per heavy atom. The maximum Gasteiger partial charge on any atom is 0.131 e. The molecule has 4 aromatic rings. The van der Waals surface area contributed by atoms with E-state index in [-0.39, 0.29) is 6.04 Å². The molecule has 0 aliphatic heterocycles. The zero-order valence-corrected chi connectivity index (χ0v) is 17.2. The van der Waals surface area contributed by atoms with Gasteiger partial charge in [-0.15, -0.1) is 0 Å². The van der Waals surface area contributed by atoms with Gasteiger partial charge in [-0.05, 0) is 61.2 Å². The number of nitrogens with one attached hydrogen (secondary N) is 2. The Hall–Kier alpha value is -2.88. The van der Waals surface area contributed by atoms with Crippen LogP contribution in [0.1, 0.15) is 27.8 Å². The second-order valence-corrected chi connectivity index (χ2v) is 7.80. The molecule has 4 rings (SSSR count). The second-order valence-electron chi connectivity index (χ2n) is 7.80. The fourth-order valence-corrected chi connectivity index (χ4v) is 4.50. The van der Waals surface area contributed by atoms with E-state index in [1.54, 1.807) is 0 Å². The molecule has 0 spiro atoms. The second kappa shape index (κ2) is 7.86. The van der Waals surface area contributed by atoms with Crippen LogP contribution in [0.25, 0.3) is 10.9 Å². The van der Waals surface area contributed by atoms with Gasteiger partial charge in [0.05, 0.1) is 0 Å². The van der Waals surface area contributed by atoms with Crippen LogP contribution in [0.5, 0.6) is 0 Å². The highest BCUT2D eigenvalue weighted by Gasteiger charge is 2.41. The van der Waals surface area contributed by atoms with Gasteiger partial charge in [-0.1, -0.05) is 66.7 Å². The molecule has 3 aromatic carbocycles. The molecule has 0 saturated heterocycles. The predicted molar refractivity (Wildman–Crippen MR) is 120 cm³/mol. The van der Waals surface area contributed by atoms with E-state index in [0.29, 0.717) is 6.42 Å². The number of hydrogen-bond donors (Lipinski definition) is 3. The molecule has 0 saturated carbocycles. The van der Waals surface area contributed by atoms with E-state index in [1.165, 1.54) is 10.9 Å². The minimum absolute atomic E-state index is 0.205. The van der Waals surface area contributed by atoms with Crippen molar-refractivity contribution in [3.8, 4) is 0 Å². The summed E-state index contributed by atoms with van der Waals surface area (Å²) in [6, 6.07) is 24.4. The van der Waals surface area contributed by atoms with Crippen LogP contribution in [0.3, 0.4) is 0 Å². The SMILES string of the molecule is CNC(Cc1c[nH]c2ccccc12)C(O)(c1ccccc1C)c1ccccc1C. The van der Waals surface area contributed by atoms with Gasteiger partial charge in [0.25, 0.3) is 0 Å². The number of aromatic nitrogens is 1. The number of rotatable bonds is 6. The van der Waals surface area contributed by atoms with Crippen LogP contribution in [0.4, 0.5) is 0 Å². The molecule has 148 valence electrons. The van der Waals surface area contributed by atoms with E-state index in [4.69, 9.17) is 0 Å². The van der Waals surface area contributed by atoms with Gasteiger partial charge in [0.2, 0.25) is 0 Å². The number of para-hydroxylation sites is 1. The molecule has 0 amide bonds. The van der Waals surface area contributed by atoms with Crippen molar-refractivity contribution in [1.29, 1.82) is 0 Å². The molecule has 1 unspecified atom stereocenters. The van der Waals surface area contributed by atoms with Crippen LogP contribution in [0.2, 0.25) is 0 Å². The predicted octanol–water partition coefficient (Wildman–Crippen LogP) is 4.85. The first-order valence-corrected chi connectivity index (χ1v) is 10.1. The Labute approximate surface area is 172 Å². The molecular formula is C26H28N2O. The molecule has 0 radical (unpaired) electrons. The summed E-state index contributed by atoms with van der Waals surface area (Å²) in [5.41, 5.74) is 5.19. The normalized spacial score (nSPS) is 13.0. The Morgan fingerprint density at radius 1 is 0.862 bits per heavy atom. The van der Waals surface area contributed by atoms with Crippen molar-refractivity contribution in [2.24, 2.45) is 0 Å². The Balaban J connectivity index is 1.87. The fraction of sp³-hybridized carbons (Fsp3) is 0.231. The zero-order chi connectivity index (χ0) is 20.4. The first-order chi connectivity index (χ1) is 14.1. The van der Waals surface area contributed by atoms with Crippen molar-refractivity contribution >= 4 is 10.9 Å². The lowest BCUT2D eigenvalue weighted by Gasteiger charge is -2.39. The third kappa shape index (κ3) is 3.37. The van der Waals surface area contributed by atoms with E-state index in [2.05, 4.69) is 60.7 Å². The molecule has 1 atom stereocenters.